The summed E-state index contributed by atoms with van der Waals surface area (Å²) in [6, 6.07) is 59.0. The minimum absolute atomic E-state index is 0. The van der Waals surface area contributed by atoms with Gasteiger partial charge in [-0.3, -0.25) is 0 Å². The van der Waals surface area contributed by atoms with Crippen molar-refractivity contribution in [1.82, 2.24) is 0 Å². The zero-order valence-corrected chi connectivity index (χ0v) is 44.1. The van der Waals surface area contributed by atoms with Crippen LogP contribution >= 0.6 is 0 Å². The first-order valence-corrected chi connectivity index (χ1v) is 26.6. The number of rotatable bonds is 0. The van der Waals surface area contributed by atoms with Crippen LogP contribution in [0.4, 0.5) is 0 Å². The van der Waals surface area contributed by atoms with Crippen molar-refractivity contribution in [2.45, 2.75) is 84.8 Å². The molecule has 0 aromatic heterocycles. The highest BCUT2D eigenvalue weighted by Gasteiger charge is 2.33. The summed E-state index contributed by atoms with van der Waals surface area (Å²) in [4.78, 5) is 0. The highest BCUT2D eigenvalue weighted by Crippen LogP contribution is 2.52. The summed E-state index contributed by atoms with van der Waals surface area (Å²) < 4.78 is 23.9. The Labute approximate surface area is 483 Å². The fourth-order valence-electron chi connectivity index (χ4n) is 11.8. The van der Waals surface area contributed by atoms with E-state index in [1.54, 1.807) is 0 Å². The van der Waals surface area contributed by atoms with Crippen molar-refractivity contribution in [3.63, 3.8) is 0 Å². The number of hydrogen-bond acceptors (Lipinski definition) is 4. The van der Waals surface area contributed by atoms with E-state index in [9.17, 15) is 0 Å². The molecular weight excluding hydrogens is 984 g/mol. The summed E-state index contributed by atoms with van der Waals surface area (Å²) in [6.45, 7) is 7.50. The van der Waals surface area contributed by atoms with Gasteiger partial charge in [-0.1, -0.05) is 235 Å². The number of fused-ring (bicyclic) bond motifs is 22. The molecule has 392 valence electrons. The van der Waals surface area contributed by atoms with Gasteiger partial charge in [0.15, 0.2) is 0 Å². The van der Waals surface area contributed by atoms with Gasteiger partial charge in [-0.25, -0.2) is 0 Å². The first-order valence-electron chi connectivity index (χ1n) is 26.6. The summed E-state index contributed by atoms with van der Waals surface area (Å²) in [7, 11) is 24.3. The van der Waals surface area contributed by atoms with Crippen molar-refractivity contribution in [2.75, 3.05) is 0 Å². The molecule has 0 amide bonds. The van der Waals surface area contributed by atoms with Gasteiger partial charge in [-0.15, -0.1) is 0 Å². The van der Waals surface area contributed by atoms with Crippen LogP contribution in [-0.4, -0.2) is 53.4 Å². The lowest BCUT2D eigenvalue weighted by Crippen LogP contribution is -2.32. The Balaban J connectivity index is 0.000000121. The topological polar surface area (TPSA) is 36.9 Å². The van der Waals surface area contributed by atoms with Gasteiger partial charge in [0, 0.05) is 45.0 Å². The number of ether oxygens (including phenoxy) is 4. The molecular formula is C73H64B4O4. The van der Waals surface area contributed by atoms with Crippen molar-refractivity contribution in [1.29, 1.82) is 0 Å². The maximum absolute atomic E-state index is 6.23. The third-order valence-electron chi connectivity index (χ3n) is 15.4. The quantitative estimate of drug-likeness (QED) is 0.142. The van der Waals surface area contributed by atoms with Crippen molar-refractivity contribution in [2.24, 2.45) is 0 Å². The van der Waals surface area contributed by atoms with E-state index in [-0.39, 0.29) is 22.3 Å². The van der Waals surface area contributed by atoms with E-state index in [0.29, 0.717) is 0 Å². The Morgan fingerprint density at radius 2 is 0.753 bits per heavy atom. The first kappa shape index (κ1) is 56.0. The molecule has 0 saturated carbocycles. The highest BCUT2D eigenvalue weighted by atomic mass is 16.5. The van der Waals surface area contributed by atoms with E-state index in [2.05, 4.69) is 152 Å². The molecule has 0 fully saturated rings. The van der Waals surface area contributed by atoms with Gasteiger partial charge in [0.2, 0.25) is 0 Å². The SMILES string of the molecule is C.C.C.[B]C1(C)C=Cc2c(c3c(c4ccccc24)-c2ccccc2C3)O1.[B]C1(C)C=Cc2c(ccc3ccccc23)O1.[B]C1(C)C=Cc2c3c(c4ccccc4c2O1)-c1ccccc1C3.[B]C1(C)C=Cc2ccc3ccccc3c2O1. The second-order valence-electron chi connectivity index (χ2n) is 21.8. The van der Waals surface area contributed by atoms with E-state index >= 15 is 0 Å². The van der Waals surface area contributed by atoms with Crippen LogP contribution in [0.25, 0.3) is 89.6 Å². The zero-order chi connectivity index (χ0) is 53.6. The summed E-state index contributed by atoms with van der Waals surface area (Å²) in [5.74, 6) is 3.60. The second-order valence-corrected chi connectivity index (χ2v) is 21.8. The van der Waals surface area contributed by atoms with Crippen molar-refractivity contribution in [3.8, 4) is 45.3 Å². The molecule has 2 aliphatic carbocycles. The molecule has 4 atom stereocenters. The Morgan fingerprint density at radius 3 is 1.40 bits per heavy atom. The standard InChI is InChI=1S/2C21H15BO.2C14H11BO.3CH4/c1-21(22)11-10-17-18-12-13-6-2-3-7-14(13)19(18)15-8-4-5-9-16(15)20(17)23-21;1-21(22)11-10-17-15-8-4-5-9-16(15)19-14-7-3-2-6-13(14)12-18(19)20(17)23-21;1-14(15)9-8-11-7-6-10-4-2-3-5-12(10)13(11)16-14;1-14(15)9-8-12-11-5-3-2-4-10(11)6-7-13(12)16-14;;;/h2*2-11H,12H2,1H3;2*2-9H,1H3;3*1H4. The maximum Gasteiger partial charge on any atom is 0.137 e. The molecule has 10 aromatic rings. The van der Waals surface area contributed by atoms with E-state index in [1.165, 1.54) is 82.4 Å². The maximum atomic E-state index is 6.23. The lowest BCUT2D eigenvalue weighted by Gasteiger charge is -2.31. The number of hydrogen-bond donors (Lipinski definition) is 0. The minimum atomic E-state index is -0.755. The monoisotopic (exact) mass is 1050 g/mol. The fourth-order valence-corrected chi connectivity index (χ4v) is 11.8. The van der Waals surface area contributed by atoms with Gasteiger partial charge in [0.1, 0.15) is 54.4 Å². The molecule has 6 aliphatic rings. The van der Waals surface area contributed by atoms with Crippen LogP contribution in [0.15, 0.2) is 194 Å². The van der Waals surface area contributed by atoms with Gasteiger partial charge < -0.3 is 18.9 Å². The predicted molar refractivity (Wildman–Crippen MR) is 348 cm³/mol. The summed E-state index contributed by atoms with van der Waals surface area (Å²) in [6.07, 6.45) is 17.8. The van der Waals surface area contributed by atoms with Gasteiger partial charge in [-0.2, -0.15) is 0 Å². The molecule has 8 radical (unpaired) electrons. The normalized spacial score (nSPS) is 20.8. The molecule has 4 heterocycles. The Morgan fingerprint density at radius 1 is 0.333 bits per heavy atom. The molecule has 0 N–H and O–H groups in total. The zero-order valence-electron chi connectivity index (χ0n) is 44.1. The van der Waals surface area contributed by atoms with E-state index < -0.39 is 22.0 Å². The number of benzene rings is 10. The average Bonchev–Trinajstić information content (AvgIpc) is 4.07. The summed E-state index contributed by atoms with van der Waals surface area (Å²) in [5.41, 5.74) is 12.3. The van der Waals surface area contributed by atoms with E-state index in [1.807, 2.05) is 94.5 Å². The smallest absolute Gasteiger partial charge is 0.137 e. The Bertz CT molecular complexity index is 4240. The van der Waals surface area contributed by atoms with Crippen LogP contribution in [-0.2, 0) is 12.8 Å². The average molecular weight is 1050 g/mol. The van der Waals surface area contributed by atoms with Crippen LogP contribution in [0.3, 0.4) is 0 Å². The molecule has 0 saturated heterocycles. The molecule has 4 unspecified atom stereocenters. The third kappa shape index (κ3) is 10.3. The van der Waals surface area contributed by atoms with Crippen LogP contribution in [0.1, 0.15) is 94.5 Å². The van der Waals surface area contributed by atoms with Gasteiger partial charge >= 0.3 is 0 Å². The van der Waals surface area contributed by atoms with Crippen LogP contribution in [0.5, 0.6) is 23.0 Å². The predicted octanol–water partition coefficient (Wildman–Crippen LogP) is 17.6. The molecule has 10 aromatic carbocycles. The first-order chi connectivity index (χ1) is 37.6. The molecule has 4 nitrogen and oxygen atoms in total. The molecule has 0 spiro atoms. The van der Waals surface area contributed by atoms with Crippen LogP contribution < -0.4 is 18.9 Å². The molecule has 81 heavy (non-hydrogen) atoms. The highest BCUT2D eigenvalue weighted by molar-refractivity contribution is 6.19. The minimum Gasteiger partial charge on any atom is -0.493 e. The summed E-state index contributed by atoms with van der Waals surface area (Å²) in [5, 5.41) is 9.61. The molecule has 8 heteroatoms. The van der Waals surface area contributed by atoms with Gasteiger partial charge in [0.05, 0.1) is 22.0 Å². The van der Waals surface area contributed by atoms with Gasteiger partial charge in [0.25, 0.3) is 0 Å². The van der Waals surface area contributed by atoms with Gasteiger partial charge in [-0.05, 0) is 111 Å². The van der Waals surface area contributed by atoms with Crippen molar-refractivity contribution in [3.05, 3.63) is 239 Å². The van der Waals surface area contributed by atoms with Crippen molar-refractivity contribution < 1.29 is 18.9 Å². The molecule has 16 rings (SSSR count). The van der Waals surface area contributed by atoms with Crippen LogP contribution in [0, 0.1) is 0 Å². The lowest BCUT2D eigenvalue weighted by molar-refractivity contribution is 0.222. The van der Waals surface area contributed by atoms with E-state index in [4.69, 9.17) is 50.3 Å². The van der Waals surface area contributed by atoms with Crippen LogP contribution in [0.2, 0.25) is 0 Å². The Hall–Kier alpha value is -8.34. The lowest BCUT2D eigenvalue weighted by atomic mass is 9.80. The Kier molecular flexibility index (Phi) is 14.7. The molecule has 0 bridgehead atoms. The second kappa shape index (κ2) is 21.3. The fraction of sp³-hybridized carbons (Fsp3) is 0.178. The summed E-state index contributed by atoms with van der Waals surface area (Å²) >= 11 is 0. The largest absolute Gasteiger partial charge is 0.493 e. The third-order valence-corrected chi connectivity index (χ3v) is 15.4. The van der Waals surface area contributed by atoms with Crippen molar-refractivity contribution >= 4 is 98.8 Å². The molecule has 4 aliphatic heterocycles. The van der Waals surface area contributed by atoms with E-state index in [0.717, 1.165) is 63.3 Å².